The van der Waals surface area contributed by atoms with E-state index < -0.39 is 29.6 Å². The molecule has 7 nitrogen and oxygen atoms in total. The van der Waals surface area contributed by atoms with Gasteiger partial charge in [-0.05, 0) is 33.3 Å². The van der Waals surface area contributed by atoms with E-state index in [1.165, 1.54) is 6.92 Å². The van der Waals surface area contributed by atoms with Crippen LogP contribution in [0.4, 0.5) is 4.79 Å². The Balaban J connectivity index is 2.30. The number of carbonyl (C=O) groups is 3. The molecule has 0 saturated carbocycles. The molecule has 1 unspecified atom stereocenters. The lowest BCUT2D eigenvalue weighted by Gasteiger charge is -2.20. The summed E-state index contributed by atoms with van der Waals surface area (Å²) in [4.78, 5) is 35.0. The van der Waals surface area contributed by atoms with E-state index in [1.807, 2.05) is 30.3 Å². The van der Waals surface area contributed by atoms with Crippen LogP contribution in [0.5, 0.6) is 0 Å². The molecule has 0 aliphatic heterocycles. The molecule has 7 heteroatoms. The first-order valence-corrected chi connectivity index (χ1v) is 7.64. The summed E-state index contributed by atoms with van der Waals surface area (Å²) in [6.45, 7) is 6.55. The van der Waals surface area contributed by atoms with Gasteiger partial charge in [0, 0.05) is 0 Å². The van der Waals surface area contributed by atoms with E-state index >= 15 is 0 Å². The fourth-order valence-electron chi connectivity index (χ4n) is 1.70. The van der Waals surface area contributed by atoms with Gasteiger partial charge >= 0.3 is 12.1 Å². The lowest BCUT2D eigenvalue weighted by Crippen LogP contribution is -2.46. The Morgan fingerprint density at radius 2 is 1.75 bits per heavy atom. The number of ether oxygens (including phenoxy) is 2. The smallest absolute Gasteiger partial charge is 0.408 e. The van der Waals surface area contributed by atoms with E-state index in [1.54, 1.807) is 20.8 Å². The third-order valence-electron chi connectivity index (χ3n) is 2.77. The van der Waals surface area contributed by atoms with Gasteiger partial charge < -0.3 is 20.1 Å². The van der Waals surface area contributed by atoms with Gasteiger partial charge in [-0.2, -0.15) is 0 Å². The van der Waals surface area contributed by atoms with Crippen LogP contribution in [0, 0.1) is 0 Å². The Bertz CT molecular complexity index is 566. The number of alkyl carbamates (subject to hydrolysis) is 1. The maximum atomic E-state index is 11.8. The zero-order valence-electron chi connectivity index (χ0n) is 14.4. The molecule has 1 aromatic carbocycles. The highest BCUT2D eigenvalue weighted by molar-refractivity contribution is 5.87. The normalized spacial score (nSPS) is 12.0. The number of nitrogens with one attached hydrogen (secondary N) is 2. The fraction of sp³-hybridized carbons (Fsp3) is 0.471. The molecule has 0 bridgehead atoms. The lowest BCUT2D eigenvalue weighted by atomic mass is 10.2. The summed E-state index contributed by atoms with van der Waals surface area (Å²) in [6, 6.07) is 8.35. The first-order chi connectivity index (χ1) is 11.2. The summed E-state index contributed by atoms with van der Waals surface area (Å²) in [5.74, 6) is -1.05. The third kappa shape index (κ3) is 8.17. The molecule has 0 spiro atoms. The number of amides is 2. The monoisotopic (exact) mass is 336 g/mol. The molecule has 0 heterocycles. The molecule has 0 aliphatic carbocycles. The zero-order valence-corrected chi connectivity index (χ0v) is 14.4. The number of carbonyl (C=O) groups excluding carboxylic acids is 3. The van der Waals surface area contributed by atoms with Crippen LogP contribution < -0.4 is 10.6 Å². The largest absolute Gasteiger partial charge is 0.459 e. The first-order valence-electron chi connectivity index (χ1n) is 7.64. The molecule has 0 fully saturated rings. The van der Waals surface area contributed by atoms with Crippen LogP contribution in [0.2, 0.25) is 0 Å². The summed E-state index contributed by atoms with van der Waals surface area (Å²) in [5.41, 5.74) is 0.224. The number of esters is 1. The summed E-state index contributed by atoms with van der Waals surface area (Å²) >= 11 is 0. The van der Waals surface area contributed by atoms with E-state index in [0.29, 0.717) is 0 Å². The van der Waals surface area contributed by atoms with Crippen molar-refractivity contribution < 1.29 is 23.9 Å². The third-order valence-corrected chi connectivity index (χ3v) is 2.77. The molecule has 2 amide bonds. The molecule has 24 heavy (non-hydrogen) atoms. The van der Waals surface area contributed by atoms with E-state index in [0.717, 1.165) is 5.56 Å². The lowest BCUT2D eigenvalue weighted by molar-refractivity contribution is -0.154. The summed E-state index contributed by atoms with van der Waals surface area (Å²) in [7, 11) is 0. The van der Waals surface area contributed by atoms with Gasteiger partial charge in [-0.15, -0.1) is 0 Å². The van der Waals surface area contributed by atoms with E-state index in [9.17, 15) is 14.4 Å². The van der Waals surface area contributed by atoms with Gasteiger partial charge in [-0.3, -0.25) is 9.59 Å². The Morgan fingerprint density at radius 3 is 2.33 bits per heavy atom. The van der Waals surface area contributed by atoms with Gasteiger partial charge in [0.25, 0.3) is 0 Å². The number of benzene rings is 1. The molecule has 0 aliphatic rings. The van der Waals surface area contributed by atoms with Crippen LogP contribution in [0.15, 0.2) is 30.3 Å². The maximum absolute atomic E-state index is 11.8. The van der Waals surface area contributed by atoms with Crippen molar-refractivity contribution in [1.82, 2.24) is 10.6 Å². The van der Waals surface area contributed by atoms with E-state index in [4.69, 9.17) is 9.47 Å². The van der Waals surface area contributed by atoms with E-state index in [-0.39, 0.29) is 13.2 Å². The molecule has 2 N–H and O–H groups in total. The van der Waals surface area contributed by atoms with Crippen LogP contribution in [0.3, 0.4) is 0 Å². The SMILES string of the molecule is CC(NC(=O)OCc1ccccc1)C(=O)NCC(=O)OC(C)(C)C. The van der Waals surface area contributed by atoms with Crippen molar-refractivity contribution in [3.05, 3.63) is 35.9 Å². The van der Waals surface area contributed by atoms with Crippen LogP contribution in [-0.2, 0) is 25.7 Å². The number of hydrogen-bond acceptors (Lipinski definition) is 5. The molecule has 1 aromatic rings. The van der Waals surface area contributed by atoms with Crippen molar-refractivity contribution in [3.63, 3.8) is 0 Å². The summed E-state index contributed by atoms with van der Waals surface area (Å²) in [5, 5.41) is 4.80. The van der Waals surface area contributed by atoms with Gasteiger partial charge in [0.15, 0.2) is 0 Å². The van der Waals surface area contributed by atoms with Crippen molar-refractivity contribution >= 4 is 18.0 Å². The van der Waals surface area contributed by atoms with Crippen molar-refractivity contribution in [2.45, 2.75) is 45.9 Å². The number of rotatable bonds is 6. The Kier molecular flexibility index (Phi) is 7.23. The minimum Gasteiger partial charge on any atom is -0.459 e. The predicted octanol–water partition coefficient (Wildman–Crippen LogP) is 1.76. The standard InChI is InChI=1S/C17H24N2O5/c1-12(15(21)18-10-14(20)24-17(2,3)4)19-16(22)23-11-13-8-6-5-7-9-13/h5-9,12H,10-11H2,1-4H3,(H,18,21)(H,19,22). The minimum atomic E-state index is -0.837. The molecular formula is C17H24N2O5. The zero-order chi connectivity index (χ0) is 18.2. The molecule has 1 rings (SSSR count). The molecule has 0 radical (unpaired) electrons. The second-order valence-electron chi connectivity index (χ2n) is 6.23. The predicted molar refractivity (Wildman–Crippen MR) is 88.1 cm³/mol. The van der Waals surface area contributed by atoms with Crippen molar-refractivity contribution in [3.8, 4) is 0 Å². The van der Waals surface area contributed by atoms with Crippen molar-refractivity contribution in [2.24, 2.45) is 0 Å². The molecule has 0 saturated heterocycles. The first kappa shape index (κ1) is 19.5. The Morgan fingerprint density at radius 1 is 1.12 bits per heavy atom. The molecular weight excluding hydrogens is 312 g/mol. The topological polar surface area (TPSA) is 93.7 Å². The molecule has 0 aromatic heterocycles. The highest BCUT2D eigenvalue weighted by Gasteiger charge is 2.20. The van der Waals surface area contributed by atoms with Gasteiger partial charge in [-0.25, -0.2) is 4.79 Å². The Labute approximate surface area is 141 Å². The number of hydrogen-bond donors (Lipinski definition) is 2. The van der Waals surface area contributed by atoms with Crippen LogP contribution in [0.1, 0.15) is 33.3 Å². The van der Waals surface area contributed by atoms with Gasteiger partial charge in [0.2, 0.25) is 5.91 Å². The van der Waals surface area contributed by atoms with Crippen molar-refractivity contribution in [2.75, 3.05) is 6.54 Å². The average Bonchev–Trinajstić information content (AvgIpc) is 2.50. The van der Waals surface area contributed by atoms with Gasteiger partial charge in [0.05, 0.1) is 0 Å². The highest BCUT2D eigenvalue weighted by atomic mass is 16.6. The summed E-state index contributed by atoms with van der Waals surface area (Å²) < 4.78 is 10.1. The van der Waals surface area contributed by atoms with Gasteiger partial charge in [0.1, 0.15) is 24.8 Å². The second kappa shape index (κ2) is 8.90. The molecule has 132 valence electrons. The van der Waals surface area contributed by atoms with Crippen LogP contribution in [-0.4, -0.2) is 36.2 Å². The quantitative estimate of drug-likeness (QED) is 0.772. The van der Waals surface area contributed by atoms with Crippen LogP contribution >= 0.6 is 0 Å². The second-order valence-corrected chi connectivity index (χ2v) is 6.23. The molecule has 1 atom stereocenters. The fourth-order valence-corrected chi connectivity index (χ4v) is 1.70. The van der Waals surface area contributed by atoms with Gasteiger partial charge in [-0.1, -0.05) is 30.3 Å². The maximum Gasteiger partial charge on any atom is 0.408 e. The summed E-state index contributed by atoms with van der Waals surface area (Å²) in [6.07, 6.45) is -0.709. The average molecular weight is 336 g/mol. The van der Waals surface area contributed by atoms with Crippen LogP contribution in [0.25, 0.3) is 0 Å². The Hall–Kier alpha value is -2.57. The van der Waals surface area contributed by atoms with E-state index in [2.05, 4.69) is 10.6 Å². The highest BCUT2D eigenvalue weighted by Crippen LogP contribution is 2.06. The minimum absolute atomic E-state index is 0.110. The van der Waals surface area contributed by atoms with Crippen molar-refractivity contribution in [1.29, 1.82) is 0 Å².